The summed E-state index contributed by atoms with van der Waals surface area (Å²) in [7, 11) is 0. The van der Waals surface area contributed by atoms with Gasteiger partial charge in [-0.3, -0.25) is 0 Å². The summed E-state index contributed by atoms with van der Waals surface area (Å²) in [6.45, 7) is 3.54. The monoisotopic (exact) mass is 220 g/mol. The summed E-state index contributed by atoms with van der Waals surface area (Å²) in [5, 5.41) is 0. The maximum Gasteiger partial charge on any atom is 0.392 e. The van der Waals surface area contributed by atoms with Crippen molar-refractivity contribution in [1.82, 2.24) is 0 Å². The van der Waals surface area contributed by atoms with Gasteiger partial charge in [0, 0.05) is 0 Å². The molecular weight excluding hydrogens is 210 g/mol. The molecule has 0 aliphatic rings. The van der Waals surface area contributed by atoms with Gasteiger partial charge >= 0.3 is 12.4 Å². The summed E-state index contributed by atoms with van der Waals surface area (Å²) >= 11 is 0. The van der Waals surface area contributed by atoms with Crippen molar-refractivity contribution >= 4 is 0 Å². The fourth-order valence-electron chi connectivity index (χ4n) is 1.03. The summed E-state index contributed by atoms with van der Waals surface area (Å²) in [4.78, 5) is 0. The Morgan fingerprint density at radius 3 is 1.71 bits per heavy atom. The topological polar surface area (TPSA) is 0 Å². The van der Waals surface area contributed by atoms with Gasteiger partial charge in [0.25, 0.3) is 0 Å². The van der Waals surface area contributed by atoms with Crippen LogP contribution in [0.25, 0.3) is 0 Å². The first kappa shape index (κ1) is 13.3. The van der Waals surface area contributed by atoms with Crippen LogP contribution in [0.15, 0.2) is 12.7 Å². The number of alkyl halides is 6. The average Bonchev–Trinajstić information content (AvgIpc) is 1.94. The van der Waals surface area contributed by atoms with Gasteiger partial charge in [0.15, 0.2) is 0 Å². The summed E-state index contributed by atoms with van der Waals surface area (Å²) in [6, 6.07) is 0. The van der Waals surface area contributed by atoms with E-state index in [0.717, 1.165) is 6.08 Å². The van der Waals surface area contributed by atoms with E-state index in [1.165, 1.54) is 0 Å². The highest BCUT2D eigenvalue weighted by Gasteiger charge is 2.51. The zero-order valence-corrected chi connectivity index (χ0v) is 7.41. The van der Waals surface area contributed by atoms with E-state index in [1.54, 1.807) is 0 Å². The maximum atomic E-state index is 12.1. The van der Waals surface area contributed by atoms with Gasteiger partial charge in [0.2, 0.25) is 0 Å². The lowest BCUT2D eigenvalue weighted by Gasteiger charge is -2.26. The Hall–Kier alpha value is -0.680. The van der Waals surface area contributed by atoms with Crippen molar-refractivity contribution in [2.24, 2.45) is 11.8 Å². The van der Waals surface area contributed by atoms with Gasteiger partial charge in [-0.1, -0.05) is 13.0 Å². The second-order valence-electron chi connectivity index (χ2n) is 3.00. The molecule has 84 valence electrons. The highest BCUT2D eigenvalue weighted by Crippen LogP contribution is 2.42. The van der Waals surface area contributed by atoms with Gasteiger partial charge in [0.1, 0.15) is 0 Å². The van der Waals surface area contributed by atoms with Gasteiger partial charge in [-0.15, -0.1) is 6.58 Å². The number of hydrogen-bond donors (Lipinski definition) is 0. The average molecular weight is 220 g/mol. The summed E-state index contributed by atoms with van der Waals surface area (Å²) in [5.74, 6) is -4.81. The Morgan fingerprint density at radius 2 is 1.50 bits per heavy atom. The number of rotatable bonds is 3. The molecule has 0 fully saturated rings. The van der Waals surface area contributed by atoms with Crippen LogP contribution in [0.5, 0.6) is 0 Å². The van der Waals surface area contributed by atoms with Crippen LogP contribution in [-0.4, -0.2) is 12.4 Å². The minimum Gasteiger partial charge on any atom is -0.171 e. The smallest absolute Gasteiger partial charge is 0.171 e. The maximum absolute atomic E-state index is 12.1. The van der Waals surface area contributed by atoms with Crippen LogP contribution in [0.3, 0.4) is 0 Å². The van der Waals surface area contributed by atoms with Crippen LogP contribution in [0, 0.1) is 11.8 Å². The lowest BCUT2D eigenvalue weighted by molar-refractivity contribution is -0.248. The van der Waals surface area contributed by atoms with Crippen molar-refractivity contribution in [2.45, 2.75) is 25.7 Å². The second-order valence-corrected chi connectivity index (χ2v) is 3.00. The number of halogens is 6. The molecule has 0 N–H and O–H groups in total. The predicted octanol–water partition coefficient (Wildman–Crippen LogP) is 3.94. The molecule has 0 radical (unpaired) electrons. The molecule has 0 aliphatic carbocycles. The van der Waals surface area contributed by atoms with E-state index < -0.39 is 30.6 Å². The van der Waals surface area contributed by atoms with Crippen LogP contribution < -0.4 is 0 Å². The molecule has 2 atom stereocenters. The zero-order chi connectivity index (χ0) is 11.6. The van der Waals surface area contributed by atoms with Crippen LogP contribution in [-0.2, 0) is 0 Å². The van der Waals surface area contributed by atoms with Crippen LogP contribution >= 0.6 is 0 Å². The van der Waals surface area contributed by atoms with Crippen molar-refractivity contribution in [3.8, 4) is 0 Å². The lowest BCUT2D eigenvalue weighted by Crippen LogP contribution is -2.36. The second kappa shape index (κ2) is 4.23. The number of allylic oxidation sites excluding steroid dienone is 1. The first-order valence-corrected chi connectivity index (χ1v) is 3.85. The third kappa shape index (κ3) is 3.59. The first-order valence-electron chi connectivity index (χ1n) is 3.85. The van der Waals surface area contributed by atoms with E-state index in [1.807, 2.05) is 0 Å². The molecule has 2 unspecified atom stereocenters. The van der Waals surface area contributed by atoms with Crippen molar-refractivity contribution < 1.29 is 26.3 Å². The standard InChI is InChI=1S/C8H10F6/c1-3-4-6(8(12,13)14)5(2)7(9,10)11/h3,5-6H,1,4H2,2H3. The normalized spacial score (nSPS) is 17.6. The fraction of sp³-hybridized carbons (Fsp3) is 0.750. The Labute approximate surface area is 77.6 Å². The predicted molar refractivity (Wildman–Crippen MR) is 39.6 cm³/mol. The van der Waals surface area contributed by atoms with E-state index in [0.29, 0.717) is 6.92 Å². The molecule has 0 aromatic heterocycles. The first-order chi connectivity index (χ1) is 6.10. The summed E-state index contributed by atoms with van der Waals surface area (Å²) < 4.78 is 72.5. The SMILES string of the molecule is C=CCC(C(C)C(F)(F)F)C(F)(F)F. The van der Waals surface area contributed by atoms with Crippen LogP contribution in [0.1, 0.15) is 13.3 Å². The fourth-order valence-corrected chi connectivity index (χ4v) is 1.03. The largest absolute Gasteiger partial charge is 0.392 e. The van der Waals surface area contributed by atoms with Crippen molar-refractivity contribution in [1.29, 1.82) is 0 Å². The lowest BCUT2D eigenvalue weighted by atomic mass is 9.90. The number of hydrogen-bond acceptors (Lipinski definition) is 0. The molecule has 0 rings (SSSR count). The third-order valence-electron chi connectivity index (χ3n) is 1.96. The third-order valence-corrected chi connectivity index (χ3v) is 1.96. The Kier molecular flexibility index (Phi) is 4.02. The summed E-state index contributed by atoms with van der Waals surface area (Å²) in [6.07, 6.45) is -9.54. The highest BCUT2D eigenvalue weighted by atomic mass is 19.4. The van der Waals surface area contributed by atoms with E-state index >= 15 is 0 Å². The van der Waals surface area contributed by atoms with Crippen molar-refractivity contribution in [2.75, 3.05) is 0 Å². The Balaban J connectivity index is 4.75. The highest BCUT2D eigenvalue weighted by molar-refractivity contribution is 4.84. The van der Waals surface area contributed by atoms with E-state index in [-0.39, 0.29) is 0 Å². The molecule has 14 heavy (non-hydrogen) atoms. The van der Waals surface area contributed by atoms with Gasteiger partial charge < -0.3 is 0 Å². The van der Waals surface area contributed by atoms with Crippen molar-refractivity contribution in [3.05, 3.63) is 12.7 Å². The van der Waals surface area contributed by atoms with Crippen LogP contribution in [0.4, 0.5) is 26.3 Å². The minimum atomic E-state index is -4.84. The molecule has 0 nitrogen and oxygen atoms in total. The van der Waals surface area contributed by atoms with Gasteiger partial charge in [0.05, 0.1) is 11.8 Å². The van der Waals surface area contributed by atoms with Crippen LogP contribution in [0.2, 0.25) is 0 Å². The molecule has 0 saturated carbocycles. The molecular formula is C8H10F6. The van der Waals surface area contributed by atoms with E-state index in [4.69, 9.17) is 0 Å². The van der Waals surface area contributed by atoms with E-state index in [9.17, 15) is 26.3 Å². The molecule has 0 aliphatic heterocycles. The van der Waals surface area contributed by atoms with Crippen molar-refractivity contribution in [3.63, 3.8) is 0 Å². The Bertz CT molecular complexity index is 189. The molecule has 0 amide bonds. The van der Waals surface area contributed by atoms with Gasteiger partial charge in [-0.05, 0) is 6.42 Å². The minimum absolute atomic E-state index is 0.529. The van der Waals surface area contributed by atoms with E-state index in [2.05, 4.69) is 6.58 Å². The molecule has 0 bridgehead atoms. The zero-order valence-electron chi connectivity index (χ0n) is 7.41. The Morgan fingerprint density at radius 1 is 1.07 bits per heavy atom. The molecule has 0 saturated heterocycles. The molecule has 0 heterocycles. The molecule has 0 spiro atoms. The molecule has 6 heteroatoms. The van der Waals surface area contributed by atoms with Gasteiger partial charge in [-0.25, -0.2) is 0 Å². The summed E-state index contributed by atoms with van der Waals surface area (Å²) in [5.41, 5.74) is 0. The molecule has 0 aromatic rings. The molecule has 0 aromatic carbocycles. The quantitative estimate of drug-likeness (QED) is 0.499. The van der Waals surface area contributed by atoms with Gasteiger partial charge in [-0.2, -0.15) is 26.3 Å².